The van der Waals surface area contributed by atoms with Gasteiger partial charge in [-0.3, -0.25) is 0 Å². The molecule has 138 valence electrons. The molecule has 0 fully saturated rings. The number of fused-ring (bicyclic) bond motifs is 1. The SMILES string of the molecule is CCN(CC)c1ccc(/N=C2\C=CC(=C(C#N)C#N)c3ccccc32)c(C)c1. The molecule has 0 aromatic heterocycles. The zero-order valence-corrected chi connectivity index (χ0v) is 16.4. The fourth-order valence-electron chi connectivity index (χ4n) is 3.42. The highest BCUT2D eigenvalue weighted by molar-refractivity contribution is 6.17. The van der Waals surface area contributed by atoms with Gasteiger partial charge in [-0.25, -0.2) is 4.99 Å². The van der Waals surface area contributed by atoms with Crippen molar-refractivity contribution in [3.05, 3.63) is 76.9 Å². The van der Waals surface area contributed by atoms with Gasteiger partial charge in [-0.2, -0.15) is 10.5 Å². The molecule has 28 heavy (non-hydrogen) atoms. The van der Waals surface area contributed by atoms with Gasteiger partial charge in [0.1, 0.15) is 17.7 Å². The summed E-state index contributed by atoms with van der Waals surface area (Å²) in [5.74, 6) is 0. The summed E-state index contributed by atoms with van der Waals surface area (Å²) in [4.78, 5) is 7.19. The Hall–Kier alpha value is -3.63. The number of nitrogens with zero attached hydrogens (tertiary/aromatic N) is 4. The average Bonchev–Trinajstić information content (AvgIpc) is 2.73. The number of benzene rings is 2. The van der Waals surface area contributed by atoms with Crippen molar-refractivity contribution >= 4 is 22.7 Å². The third kappa shape index (κ3) is 3.59. The van der Waals surface area contributed by atoms with E-state index in [4.69, 9.17) is 4.99 Å². The molecular formula is C24H22N4. The molecule has 0 radical (unpaired) electrons. The second-order valence-electron chi connectivity index (χ2n) is 6.53. The van der Waals surface area contributed by atoms with E-state index in [-0.39, 0.29) is 5.57 Å². The normalized spacial score (nSPS) is 13.6. The van der Waals surface area contributed by atoms with E-state index in [1.165, 1.54) is 5.69 Å². The van der Waals surface area contributed by atoms with Crippen LogP contribution in [0.2, 0.25) is 0 Å². The van der Waals surface area contributed by atoms with Crippen molar-refractivity contribution in [2.75, 3.05) is 18.0 Å². The van der Waals surface area contributed by atoms with E-state index in [1.807, 2.05) is 54.6 Å². The molecule has 3 rings (SSSR count). The predicted molar refractivity (Wildman–Crippen MR) is 115 cm³/mol. The van der Waals surface area contributed by atoms with Crippen molar-refractivity contribution in [3.8, 4) is 12.1 Å². The summed E-state index contributed by atoms with van der Waals surface area (Å²) in [5, 5.41) is 18.5. The first kappa shape index (κ1) is 19.1. The lowest BCUT2D eigenvalue weighted by molar-refractivity contribution is 0.865. The Morgan fingerprint density at radius 3 is 2.25 bits per heavy atom. The third-order valence-corrected chi connectivity index (χ3v) is 4.94. The van der Waals surface area contributed by atoms with E-state index in [9.17, 15) is 10.5 Å². The highest BCUT2D eigenvalue weighted by atomic mass is 15.1. The lowest BCUT2D eigenvalue weighted by Crippen LogP contribution is -2.21. The number of hydrogen-bond acceptors (Lipinski definition) is 4. The molecule has 2 aromatic rings. The first-order valence-electron chi connectivity index (χ1n) is 9.39. The predicted octanol–water partition coefficient (Wildman–Crippen LogP) is 5.33. The van der Waals surface area contributed by atoms with Crippen molar-refractivity contribution in [1.29, 1.82) is 10.5 Å². The Morgan fingerprint density at radius 2 is 1.64 bits per heavy atom. The molecule has 0 saturated carbocycles. The van der Waals surface area contributed by atoms with Gasteiger partial charge in [-0.05, 0) is 56.2 Å². The lowest BCUT2D eigenvalue weighted by atomic mass is 9.88. The topological polar surface area (TPSA) is 63.2 Å². The Labute approximate surface area is 166 Å². The van der Waals surface area contributed by atoms with Crippen LogP contribution in [0.1, 0.15) is 30.5 Å². The number of allylic oxidation sites excluding steroid dienone is 4. The van der Waals surface area contributed by atoms with Crippen LogP contribution < -0.4 is 4.90 Å². The maximum Gasteiger partial charge on any atom is 0.137 e. The van der Waals surface area contributed by atoms with Gasteiger partial charge in [0.15, 0.2) is 0 Å². The highest BCUT2D eigenvalue weighted by Crippen LogP contribution is 2.31. The minimum absolute atomic E-state index is 0.113. The number of hydrogen-bond donors (Lipinski definition) is 0. The molecular weight excluding hydrogens is 344 g/mol. The quantitative estimate of drug-likeness (QED) is 0.687. The van der Waals surface area contributed by atoms with Crippen molar-refractivity contribution in [2.45, 2.75) is 20.8 Å². The van der Waals surface area contributed by atoms with Crippen molar-refractivity contribution in [3.63, 3.8) is 0 Å². The lowest BCUT2D eigenvalue weighted by Gasteiger charge is -2.22. The molecule has 4 heteroatoms. The smallest absolute Gasteiger partial charge is 0.137 e. The maximum atomic E-state index is 9.25. The number of nitriles is 2. The molecule has 0 N–H and O–H groups in total. The summed E-state index contributed by atoms with van der Waals surface area (Å²) in [7, 11) is 0. The Balaban J connectivity index is 2.08. The van der Waals surface area contributed by atoms with Gasteiger partial charge in [-0.15, -0.1) is 0 Å². The zero-order valence-electron chi connectivity index (χ0n) is 16.4. The van der Waals surface area contributed by atoms with Gasteiger partial charge in [0, 0.05) is 29.9 Å². The van der Waals surface area contributed by atoms with Crippen LogP contribution in [0.25, 0.3) is 5.57 Å². The number of aryl methyl sites for hydroxylation is 1. The van der Waals surface area contributed by atoms with Crippen LogP contribution in [0, 0.1) is 29.6 Å². The van der Waals surface area contributed by atoms with Gasteiger partial charge in [0.05, 0.1) is 11.4 Å². The van der Waals surface area contributed by atoms with Crippen LogP contribution in [0.4, 0.5) is 11.4 Å². The molecule has 0 amide bonds. The Kier molecular flexibility index (Phi) is 5.72. The number of rotatable bonds is 4. The molecule has 0 heterocycles. The van der Waals surface area contributed by atoms with E-state index < -0.39 is 0 Å². The third-order valence-electron chi connectivity index (χ3n) is 4.94. The summed E-state index contributed by atoms with van der Waals surface area (Å²) < 4.78 is 0. The minimum Gasteiger partial charge on any atom is -0.372 e. The number of aliphatic imine (C=N–C) groups is 1. The van der Waals surface area contributed by atoms with Gasteiger partial charge in [0.25, 0.3) is 0 Å². The molecule has 0 saturated heterocycles. The molecule has 0 atom stereocenters. The first-order chi connectivity index (χ1) is 13.6. The molecule has 0 aliphatic heterocycles. The largest absolute Gasteiger partial charge is 0.372 e. The summed E-state index contributed by atoms with van der Waals surface area (Å²) in [6.07, 6.45) is 3.69. The van der Waals surface area contributed by atoms with Crippen LogP contribution in [0.3, 0.4) is 0 Å². The van der Waals surface area contributed by atoms with Crippen molar-refractivity contribution < 1.29 is 0 Å². The molecule has 2 aromatic carbocycles. The van der Waals surface area contributed by atoms with Gasteiger partial charge in [0.2, 0.25) is 0 Å². The van der Waals surface area contributed by atoms with Crippen LogP contribution in [0.5, 0.6) is 0 Å². The minimum atomic E-state index is 0.113. The van der Waals surface area contributed by atoms with E-state index >= 15 is 0 Å². The van der Waals surface area contributed by atoms with Crippen LogP contribution >= 0.6 is 0 Å². The summed E-state index contributed by atoms with van der Waals surface area (Å²) in [6, 6.07) is 18.0. The fourth-order valence-corrected chi connectivity index (χ4v) is 3.42. The summed E-state index contributed by atoms with van der Waals surface area (Å²) in [5.41, 5.74) is 6.60. The molecule has 0 spiro atoms. The van der Waals surface area contributed by atoms with E-state index in [0.717, 1.165) is 41.2 Å². The van der Waals surface area contributed by atoms with E-state index in [2.05, 4.69) is 37.8 Å². The fraction of sp³-hybridized carbons (Fsp3) is 0.208. The van der Waals surface area contributed by atoms with Crippen molar-refractivity contribution in [2.24, 2.45) is 4.99 Å². The Bertz CT molecular complexity index is 1050. The van der Waals surface area contributed by atoms with Gasteiger partial charge >= 0.3 is 0 Å². The van der Waals surface area contributed by atoms with Gasteiger partial charge in [-0.1, -0.05) is 30.3 Å². The molecule has 4 nitrogen and oxygen atoms in total. The van der Waals surface area contributed by atoms with Crippen LogP contribution in [0.15, 0.2) is 65.2 Å². The second-order valence-corrected chi connectivity index (χ2v) is 6.53. The summed E-state index contributed by atoms with van der Waals surface area (Å²) in [6.45, 7) is 8.31. The maximum absolute atomic E-state index is 9.25. The second kappa shape index (κ2) is 8.37. The van der Waals surface area contributed by atoms with Crippen LogP contribution in [-0.2, 0) is 0 Å². The first-order valence-corrected chi connectivity index (χ1v) is 9.39. The molecule has 1 aliphatic carbocycles. The monoisotopic (exact) mass is 366 g/mol. The van der Waals surface area contributed by atoms with Crippen LogP contribution in [-0.4, -0.2) is 18.8 Å². The van der Waals surface area contributed by atoms with Gasteiger partial charge < -0.3 is 4.90 Å². The standard InChI is InChI=1S/C24H22N4/c1-4-28(5-2)19-10-12-23(17(3)14-19)27-24-13-11-20(18(15-25)16-26)21-8-6-7-9-22(21)24/h6-14H,4-5H2,1-3H3/b27-24+. The molecule has 1 aliphatic rings. The Morgan fingerprint density at radius 1 is 0.964 bits per heavy atom. The zero-order chi connectivity index (χ0) is 20.1. The highest BCUT2D eigenvalue weighted by Gasteiger charge is 2.18. The average molecular weight is 366 g/mol. The van der Waals surface area contributed by atoms with E-state index in [1.54, 1.807) is 0 Å². The van der Waals surface area contributed by atoms with Crippen molar-refractivity contribution in [1.82, 2.24) is 0 Å². The van der Waals surface area contributed by atoms with E-state index in [0.29, 0.717) is 5.57 Å². The number of anilines is 1. The summed E-state index contributed by atoms with van der Waals surface area (Å²) >= 11 is 0. The molecule has 0 unspecified atom stereocenters. The molecule has 0 bridgehead atoms.